The van der Waals surface area contributed by atoms with Gasteiger partial charge < -0.3 is 5.32 Å². The molecule has 3 aliphatic heterocycles. The van der Waals surface area contributed by atoms with Crippen LogP contribution in [0.2, 0.25) is 0 Å². The summed E-state index contributed by atoms with van der Waals surface area (Å²) < 4.78 is 0. The second kappa shape index (κ2) is 4.27. The minimum absolute atomic E-state index is 0.819. The van der Waals surface area contributed by atoms with E-state index >= 15 is 0 Å². The highest BCUT2D eigenvalue weighted by Crippen LogP contribution is 2.34. The Hall–Kier alpha value is 0.270. The van der Waals surface area contributed by atoms with E-state index in [1.54, 1.807) is 0 Å². The van der Waals surface area contributed by atoms with Crippen molar-refractivity contribution in [2.24, 2.45) is 5.92 Å². The van der Waals surface area contributed by atoms with Gasteiger partial charge in [0.05, 0.1) is 0 Å². The van der Waals surface area contributed by atoms with E-state index in [1.807, 2.05) is 0 Å². The predicted molar refractivity (Wildman–Crippen MR) is 66.4 cm³/mol. The van der Waals surface area contributed by atoms with Crippen molar-refractivity contribution < 1.29 is 0 Å². The maximum absolute atomic E-state index is 3.70. The van der Waals surface area contributed by atoms with Gasteiger partial charge in [0.1, 0.15) is 0 Å². The summed E-state index contributed by atoms with van der Waals surface area (Å²) in [4.78, 5) is 2.77. The number of fused-ring (bicyclic) bond motifs is 1. The summed E-state index contributed by atoms with van der Waals surface area (Å²) >= 11 is 2.16. The molecule has 3 saturated heterocycles. The summed E-state index contributed by atoms with van der Waals surface area (Å²) in [5, 5.41) is 4.59. The number of thioether (sulfide) groups is 1. The Kier molecular flexibility index (Phi) is 2.97. The number of rotatable bonds is 1. The van der Waals surface area contributed by atoms with Crippen LogP contribution in [0.4, 0.5) is 0 Å². The Bertz CT molecular complexity index is 220. The third-order valence-corrected chi connectivity index (χ3v) is 5.66. The molecule has 1 N–H and O–H groups in total. The van der Waals surface area contributed by atoms with Crippen LogP contribution in [0.25, 0.3) is 0 Å². The third-order valence-electron chi connectivity index (χ3n) is 4.32. The van der Waals surface area contributed by atoms with Gasteiger partial charge in [-0.05, 0) is 31.7 Å². The minimum Gasteiger partial charge on any atom is -0.312 e. The number of hydrogen-bond donors (Lipinski definition) is 1. The first-order valence-electron chi connectivity index (χ1n) is 6.42. The molecule has 3 heteroatoms. The first-order chi connectivity index (χ1) is 7.33. The summed E-state index contributed by atoms with van der Waals surface area (Å²) in [6.07, 6.45) is 4.28. The molecule has 3 rings (SSSR count). The van der Waals surface area contributed by atoms with Gasteiger partial charge in [-0.3, -0.25) is 4.90 Å². The van der Waals surface area contributed by atoms with Gasteiger partial charge in [0.2, 0.25) is 0 Å². The molecule has 0 aromatic heterocycles. The van der Waals surface area contributed by atoms with Crippen LogP contribution in [-0.4, -0.2) is 47.6 Å². The lowest BCUT2D eigenvalue weighted by molar-refractivity contribution is 0.247. The Morgan fingerprint density at radius 2 is 2.27 bits per heavy atom. The van der Waals surface area contributed by atoms with Gasteiger partial charge in [0, 0.05) is 36.2 Å². The summed E-state index contributed by atoms with van der Waals surface area (Å²) in [6, 6.07) is 1.71. The second-order valence-corrected chi connectivity index (χ2v) is 6.92. The number of likely N-dealkylation sites (tertiary alicyclic amines) is 1. The lowest BCUT2D eigenvalue weighted by Crippen LogP contribution is -2.41. The van der Waals surface area contributed by atoms with E-state index in [9.17, 15) is 0 Å². The van der Waals surface area contributed by atoms with Crippen molar-refractivity contribution in [2.75, 3.05) is 25.4 Å². The van der Waals surface area contributed by atoms with Crippen LogP contribution >= 0.6 is 11.8 Å². The van der Waals surface area contributed by atoms with Crippen molar-refractivity contribution in [1.82, 2.24) is 10.2 Å². The number of hydrogen-bond acceptors (Lipinski definition) is 3. The summed E-state index contributed by atoms with van der Waals surface area (Å²) in [5.74, 6) is 2.33. The molecular weight excluding hydrogens is 204 g/mol. The average Bonchev–Trinajstić information content (AvgIpc) is 2.82. The average molecular weight is 226 g/mol. The Labute approximate surface area is 97.2 Å². The van der Waals surface area contributed by atoms with Crippen LogP contribution in [-0.2, 0) is 0 Å². The van der Waals surface area contributed by atoms with E-state index in [0.29, 0.717) is 0 Å². The quantitative estimate of drug-likeness (QED) is 0.730. The molecule has 0 bridgehead atoms. The fraction of sp³-hybridized carbons (Fsp3) is 1.00. The lowest BCUT2D eigenvalue weighted by Gasteiger charge is -2.25. The second-order valence-electron chi connectivity index (χ2n) is 5.45. The largest absolute Gasteiger partial charge is 0.312 e. The summed E-state index contributed by atoms with van der Waals surface area (Å²) in [6.45, 7) is 6.33. The zero-order valence-electron chi connectivity index (χ0n) is 9.61. The van der Waals surface area contributed by atoms with Crippen molar-refractivity contribution in [3.05, 3.63) is 0 Å². The number of piperidine rings is 1. The van der Waals surface area contributed by atoms with Crippen molar-refractivity contribution in [3.8, 4) is 0 Å². The smallest absolute Gasteiger partial charge is 0.0235 e. The molecule has 0 aliphatic carbocycles. The molecule has 0 saturated carbocycles. The molecule has 3 fully saturated rings. The highest BCUT2D eigenvalue weighted by molar-refractivity contribution is 8.00. The minimum atomic E-state index is 0.819. The number of nitrogens with one attached hydrogen (secondary N) is 1. The lowest BCUT2D eigenvalue weighted by atomic mass is 9.94. The summed E-state index contributed by atoms with van der Waals surface area (Å²) in [7, 11) is 0. The number of nitrogens with zero attached hydrogens (tertiary/aromatic N) is 1. The molecule has 0 aromatic carbocycles. The van der Waals surface area contributed by atoms with Crippen molar-refractivity contribution in [3.63, 3.8) is 0 Å². The standard InChI is InChI=1S/C12H22N2S/c1-9-5-11(8-15-9)14-6-10-3-2-4-13-12(10)7-14/h9-13H,2-8H2,1H3. The van der Waals surface area contributed by atoms with Crippen molar-refractivity contribution in [1.29, 1.82) is 0 Å². The maximum Gasteiger partial charge on any atom is 0.0235 e. The zero-order valence-corrected chi connectivity index (χ0v) is 10.4. The molecule has 2 nitrogen and oxygen atoms in total. The van der Waals surface area contributed by atoms with E-state index in [1.165, 1.54) is 44.6 Å². The van der Waals surface area contributed by atoms with Gasteiger partial charge in [0.25, 0.3) is 0 Å². The van der Waals surface area contributed by atoms with Gasteiger partial charge in [-0.2, -0.15) is 11.8 Å². The van der Waals surface area contributed by atoms with Crippen LogP contribution in [0.3, 0.4) is 0 Å². The molecule has 4 unspecified atom stereocenters. The van der Waals surface area contributed by atoms with Crippen LogP contribution in [0, 0.1) is 5.92 Å². The SMILES string of the molecule is CC1CC(N2CC3CCCNC3C2)CS1. The van der Waals surface area contributed by atoms with Gasteiger partial charge >= 0.3 is 0 Å². The molecule has 3 heterocycles. The van der Waals surface area contributed by atoms with Crippen molar-refractivity contribution in [2.45, 2.75) is 43.5 Å². The third kappa shape index (κ3) is 2.06. The molecular formula is C12H22N2S. The van der Waals surface area contributed by atoms with Crippen molar-refractivity contribution >= 4 is 11.8 Å². The highest BCUT2D eigenvalue weighted by atomic mass is 32.2. The normalized spacial score (nSPS) is 47.0. The zero-order chi connectivity index (χ0) is 10.3. The Morgan fingerprint density at radius 1 is 1.33 bits per heavy atom. The molecule has 3 aliphatic rings. The molecule has 4 atom stereocenters. The molecule has 15 heavy (non-hydrogen) atoms. The molecule has 0 spiro atoms. The van der Waals surface area contributed by atoms with Crippen LogP contribution < -0.4 is 5.32 Å². The van der Waals surface area contributed by atoms with E-state index < -0.39 is 0 Å². The van der Waals surface area contributed by atoms with Gasteiger partial charge in [-0.1, -0.05) is 6.92 Å². The molecule has 0 aromatic rings. The Balaban J connectivity index is 1.60. The van der Waals surface area contributed by atoms with Crippen LogP contribution in [0.5, 0.6) is 0 Å². The summed E-state index contributed by atoms with van der Waals surface area (Å²) in [5.41, 5.74) is 0. The van der Waals surface area contributed by atoms with Crippen LogP contribution in [0.15, 0.2) is 0 Å². The fourth-order valence-electron chi connectivity index (χ4n) is 3.43. The maximum atomic E-state index is 3.70. The van der Waals surface area contributed by atoms with E-state index in [4.69, 9.17) is 0 Å². The highest BCUT2D eigenvalue weighted by Gasteiger charge is 2.38. The van der Waals surface area contributed by atoms with Crippen LogP contribution in [0.1, 0.15) is 26.2 Å². The van der Waals surface area contributed by atoms with E-state index in [2.05, 4.69) is 28.9 Å². The monoisotopic (exact) mass is 226 g/mol. The van der Waals surface area contributed by atoms with Gasteiger partial charge in [-0.25, -0.2) is 0 Å². The van der Waals surface area contributed by atoms with E-state index in [0.717, 1.165) is 23.3 Å². The first-order valence-corrected chi connectivity index (χ1v) is 7.47. The molecule has 86 valence electrons. The van der Waals surface area contributed by atoms with Gasteiger partial charge in [-0.15, -0.1) is 0 Å². The molecule has 0 amide bonds. The van der Waals surface area contributed by atoms with E-state index in [-0.39, 0.29) is 0 Å². The molecule has 0 radical (unpaired) electrons. The van der Waals surface area contributed by atoms with Gasteiger partial charge in [0.15, 0.2) is 0 Å². The predicted octanol–water partition coefficient (Wildman–Crippen LogP) is 1.56. The topological polar surface area (TPSA) is 15.3 Å². The Morgan fingerprint density at radius 3 is 3.00 bits per heavy atom. The fourth-order valence-corrected chi connectivity index (χ4v) is 4.68. The first kappa shape index (κ1) is 10.4.